The number of carboxylic acids is 1. The van der Waals surface area contributed by atoms with Crippen LogP contribution in [0.5, 0.6) is 5.75 Å². The highest BCUT2D eigenvalue weighted by Crippen LogP contribution is 2.42. The summed E-state index contributed by atoms with van der Waals surface area (Å²) in [4.78, 5) is 48.8. The second-order valence-corrected chi connectivity index (χ2v) is 11.4. The third-order valence-corrected chi connectivity index (χ3v) is 7.97. The Bertz CT molecular complexity index is 1640. The molecule has 2 amide bonds. The van der Waals surface area contributed by atoms with Crippen LogP contribution in [0, 0.1) is 0 Å². The molecule has 3 aromatic carbocycles. The molecular weight excluding hydrogens is 568 g/mol. The van der Waals surface area contributed by atoms with E-state index in [2.05, 4.69) is 4.98 Å². The highest BCUT2D eigenvalue weighted by Gasteiger charge is 2.45. The molecule has 9 heteroatoms. The first-order valence-electron chi connectivity index (χ1n) is 15.2. The molecule has 1 aliphatic heterocycles. The number of hydrogen-bond acceptors (Lipinski definition) is 6. The van der Waals surface area contributed by atoms with E-state index < -0.39 is 18.1 Å². The third-order valence-electron chi connectivity index (χ3n) is 7.97. The second-order valence-electron chi connectivity index (χ2n) is 11.4. The molecule has 5 rings (SSSR count). The van der Waals surface area contributed by atoms with Gasteiger partial charge in [-0.25, -0.2) is 4.98 Å². The number of carbonyl (C=O) groups is 3. The summed E-state index contributed by atoms with van der Waals surface area (Å²) in [6.07, 6.45) is 3.49. The molecule has 232 valence electrons. The summed E-state index contributed by atoms with van der Waals surface area (Å²) in [6.45, 7) is 4.30. The van der Waals surface area contributed by atoms with Crippen LogP contribution in [-0.4, -0.2) is 45.4 Å². The minimum absolute atomic E-state index is 0.257. The van der Waals surface area contributed by atoms with Crippen molar-refractivity contribution in [2.75, 3.05) is 17.2 Å². The van der Waals surface area contributed by atoms with Gasteiger partial charge < -0.3 is 25.4 Å². The van der Waals surface area contributed by atoms with Gasteiger partial charge in [0.2, 0.25) is 0 Å². The lowest BCUT2D eigenvalue weighted by molar-refractivity contribution is -0.139. The Morgan fingerprint density at radius 1 is 0.956 bits per heavy atom. The van der Waals surface area contributed by atoms with E-state index in [1.807, 2.05) is 80.6 Å². The number of ether oxygens (including phenoxy) is 1. The minimum atomic E-state index is -1.06. The number of nitrogen functional groups attached to an aromatic ring is 1. The number of aromatic nitrogens is 1. The van der Waals surface area contributed by atoms with E-state index in [9.17, 15) is 19.5 Å². The van der Waals surface area contributed by atoms with Gasteiger partial charge in [-0.15, -0.1) is 0 Å². The molecule has 4 aromatic rings. The van der Waals surface area contributed by atoms with Crippen LogP contribution < -0.4 is 15.4 Å². The van der Waals surface area contributed by atoms with Crippen molar-refractivity contribution < 1.29 is 24.2 Å². The van der Waals surface area contributed by atoms with Crippen molar-refractivity contribution in [1.82, 2.24) is 9.88 Å². The molecular formula is C36H38N4O5. The predicted octanol–water partition coefficient (Wildman–Crippen LogP) is 6.22. The summed E-state index contributed by atoms with van der Waals surface area (Å²) in [7, 11) is 0. The fraction of sp³-hybridized carbons (Fsp3) is 0.278. The van der Waals surface area contributed by atoms with Crippen LogP contribution in [0.15, 0.2) is 97.2 Å². The smallest absolute Gasteiger partial charge is 0.305 e. The average molecular weight is 607 g/mol. The molecule has 0 bridgehead atoms. The van der Waals surface area contributed by atoms with E-state index >= 15 is 0 Å². The monoisotopic (exact) mass is 606 g/mol. The third kappa shape index (κ3) is 6.98. The van der Waals surface area contributed by atoms with Gasteiger partial charge >= 0.3 is 5.97 Å². The Morgan fingerprint density at radius 2 is 1.67 bits per heavy atom. The van der Waals surface area contributed by atoms with Crippen LogP contribution >= 0.6 is 0 Å². The van der Waals surface area contributed by atoms with Gasteiger partial charge in [0.25, 0.3) is 11.8 Å². The molecule has 9 nitrogen and oxygen atoms in total. The first kappa shape index (κ1) is 31.3. The molecule has 3 N–H and O–H groups in total. The van der Waals surface area contributed by atoms with Gasteiger partial charge in [-0.2, -0.15) is 0 Å². The maximum atomic E-state index is 14.8. The molecule has 0 aliphatic carbocycles. The molecule has 0 saturated heterocycles. The quantitative estimate of drug-likeness (QED) is 0.183. The highest BCUT2D eigenvalue weighted by molar-refractivity contribution is 6.11. The number of fused-ring (bicyclic) bond motifs is 1. The molecule has 0 radical (unpaired) electrons. The molecule has 45 heavy (non-hydrogen) atoms. The molecule has 0 fully saturated rings. The first-order valence-corrected chi connectivity index (χ1v) is 15.2. The Labute approximate surface area is 263 Å². The van der Waals surface area contributed by atoms with Crippen LogP contribution in [0.25, 0.3) is 0 Å². The zero-order chi connectivity index (χ0) is 31.9. The number of carboxylic acid groups (broad SMARTS) is 1. The van der Waals surface area contributed by atoms with Crippen LogP contribution in [-0.2, 0) is 16.0 Å². The Balaban J connectivity index is 1.52. The van der Waals surface area contributed by atoms with Gasteiger partial charge in [0.15, 0.2) is 11.6 Å². The SMILES string of the molecule is CC(C)N1C(=O)C(c2ccccc2)N(C(CC(=O)O)c2ccccc2)C(=O)c2cc(CCCCOc3cccnc3N)ccc21. The number of nitrogens with two attached hydrogens (primary N) is 1. The number of amides is 2. The van der Waals surface area contributed by atoms with E-state index in [1.54, 1.807) is 35.4 Å². The fourth-order valence-electron chi connectivity index (χ4n) is 5.89. The van der Waals surface area contributed by atoms with E-state index in [4.69, 9.17) is 10.5 Å². The number of unbranched alkanes of at least 4 members (excludes halogenated alkanes) is 1. The predicted molar refractivity (Wildman–Crippen MR) is 173 cm³/mol. The van der Waals surface area contributed by atoms with Gasteiger partial charge in [0.05, 0.1) is 30.3 Å². The number of nitrogens with zero attached hydrogens (tertiary/aromatic N) is 3. The lowest BCUT2D eigenvalue weighted by Gasteiger charge is -2.37. The van der Waals surface area contributed by atoms with Crippen LogP contribution in [0.3, 0.4) is 0 Å². The van der Waals surface area contributed by atoms with E-state index in [1.165, 1.54) is 4.90 Å². The summed E-state index contributed by atoms with van der Waals surface area (Å²) in [5, 5.41) is 10.0. The van der Waals surface area contributed by atoms with Gasteiger partial charge in [0.1, 0.15) is 6.04 Å². The summed E-state index contributed by atoms with van der Waals surface area (Å²) in [5.41, 5.74) is 8.96. The van der Waals surface area contributed by atoms with Crippen molar-refractivity contribution in [3.63, 3.8) is 0 Å². The van der Waals surface area contributed by atoms with Crippen LogP contribution in [0.4, 0.5) is 11.5 Å². The Hall–Kier alpha value is -5.18. The van der Waals surface area contributed by atoms with Crippen molar-refractivity contribution >= 4 is 29.3 Å². The van der Waals surface area contributed by atoms with Gasteiger partial charge in [-0.3, -0.25) is 14.4 Å². The van der Waals surface area contributed by atoms with Crippen molar-refractivity contribution in [3.8, 4) is 5.75 Å². The molecule has 0 saturated carbocycles. The maximum Gasteiger partial charge on any atom is 0.305 e. The normalized spacial score (nSPS) is 15.5. The molecule has 1 aliphatic rings. The number of hydrogen-bond donors (Lipinski definition) is 2. The summed E-state index contributed by atoms with van der Waals surface area (Å²) in [5.74, 6) is -0.836. The van der Waals surface area contributed by atoms with E-state index in [0.29, 0.717) is 47.0 Å². The number of carbonyl (C=O) groups excluding carboxylic acids is 2. The lowest BCUT2D eigenvalue weighted by atomic mass is 9.95. The number of aliphatic carboxylic acids is 1. The summed E-state index contributed by atoms with van der Waals surface area (Å²) in [6, 6.07) is 25.2. The second kappa shape index (κ2) is 14.1. The van der Waals surface area contributed by atoms with Gasteiger partial charge in [-0.1, -0.05) is 66.7 Å². The largest absolute Gasteiger partial charge is 0.490 e. The molecule has 2 unspecified atom stereocenters. The number of pyridine rings is 1. The lowest BCUT2D eigenvalue weighted by Crippen LogP contribution is -2.46. The maximum absolute atomic E-state index is 14.8. The molecule has 1 aromatic heterocycles. The highest BCUT2D eigenvalue weighted by atomic mass is 16.5. The standard InChI is InChI=1S/C36H38N4O5/c1-24(2)39-29-19-18-25(12-9-10-21-45-31-17-11-20-38-34(31)37)22-28(29)35(43)40(33(36(39)44)27-15-7-4-8-16-27)30(23-32(41)42)26-13-5-3-6-14-26/h3-8,11,13-20,22,24,30,33H,9-10,12,21,23H2,1-2H3,(H2,37,38)(H,41,42). The fourth-order valence-corrected chi connectivity index (χ4v) is 5.89. The molecule has 2 heterocycles. The first-order chi connectivity index (χ1) is 21.8. The van der Waals surface area contributed by atoms with E-state index in [0.717, 1.165) is 18.4 Å². The number of aryl methyl sites for hydroxylation is 1. The minimum Gasteiger partial charge on any atom is -0.490 e. The summed E-state index contributed by atoms with van der Waals surface area (Å²) >= 11 is 0. The van der Waals surface area contributed by atoms with Crippen LogP contribution in [0.2, 0.25) is 0 Å². The number of rotatable bonds is 12. The number of benzene rings is 3. The van der Waals surface area contributed by atoms with Crippen molar-refractivity contribution in [1.29, 1.82) is 0 Å². The van der Waals surface area contributed by atoms with Crippen molar-refractivity contribution in [2.45, 2.75) is 57.7 Å². The topological polar surface area (TPSA) is 126 Å². The summed E-state index contributed by atoms with van der Waals surface area (Å²) < 4.78 is 5.78. The number of anilines is 2. The Kier molecular flexibility index (Phi) is 9.77. The van der Waals surface area contributed by atoms with E-state index in [-0.39, 0.29) is 24.3 Å². The zero-order valence-electron chi connectivity index (χ0n) is 25.5. The van der Waals surface area contributed by atoms with Gasteiger partial charge in [0, 0.05) is 12.2 Å². The van der Waals surface area contributed by atoms with Crippen molar-refractivity contribution in [2.24, 2.45) is 0 Å². The van der Waals surface area contributed by atoms with Crippen LogP contribution in [0.1, 0.15) is 72.2 Å². The Morgan fingerprint density at radius 3 is 2.33 bits per heavy atom. The molecule has 2 atom stereocenters. The van der Waals surface area contributed by atoms with Crippen molar-refractivity contribution in [3.05, 3.63) is 119 Å². The van der Waals surface area contributed by atoms with Gasteiger partial charge in [-0.05, 0) is 74.1 Å². The zero-order valence-corrected chi connectivity index (χ0v) is 25.5. The average Bonchev–Trinajstić information content (AvgIpc) is 3.13. The molecule has 0 spiro atoms.